The van der Waals surface area contributed by atoms with Crippen LogP contribution in [0.4, 0.5) is 0 Å². The molecule has 0 amide bonds. The molecule has 0 saturated carbocycles. The Morgan fingerprint density at radius 2 is 2.50 bits per heavy atom. The van der Waals surface area contributed by atoms with Gasteiger partial charge in [-0.1, -0.05) is 6.92 Å². The van der Waals surface area contributed by atoms with E-state index in [1.54, 1.807) is 11.3 Å². The Hall–Kier alpha value is -1.14. The minimum absolute atomic E-state index is 0.0450. The number of nitrogens with one attached hydrogen (secondary N) is 1. The Kier molecular flexibility index (Phi) is 3.84. The van der Waals surface area contributed by atoms with Crippen LogP contribution in [0.25, 0.3) is 0 Å². The lowest BCUT2D eigenvalue weighted by molar-refractivity contribution is 0.791. The van der Waals surface area contributed by atoms with Gasteiger partial charge in [0.25, 0.3) is 0 Å². The highest BCUT2D eigenvalue weighted by atomic mass is 32.1. The third kappa shape index (κ3) is 2.68. The number of guanidine groups is 1. The quantitative estimate of drug-likeness (QED) is 0.296. The van der Waals surface area contributed by atoms with Gasteiger partial charge in [-0.05, 0) is 13.3 Å². The van der Waals surface area contributed by atoms with E-state index in [9.17, 15) is 0 Å². The molecule has 1 heterocycles. The second kappa shape index (κ2) is 4.92. The Bertz CT molecular complexity index is 319. The van der Waals surface area contributed by atoms with E-state index in [0.29, 0.717) is 0 Å². The summed E-state index contributed by atoms with van der Waals surface area (Å²) in [6.45, 7) is 4.03. The summed E-state index contributed by atoms with van der Waals surface area (Å²) in [7, 11) is 0. The summed E-state index contributed by atoms with van der Waals surface area (Å²) in [5.41, 5.74) is 7.73. The number of nitrogens with zero attached hydrogens (tertiary/aromatic N) is 2. The number of rotatable bonds is 3. The first-order valence-corrected chi connectivity index (χ1v) is 5.23. The number of nitrogens with two attached hydrogens (primary N) is 2. The molecule has 78 valence electrons. The van der Waals surface area contributed by atoms with E-state index >= 15 is 0 Å². The molecule has 0 fully saturated rings. The molecule has 0 radical (unpaired) electrons. The first kappa shape index (κ1) is 10.9. The minimum atomic E-state index is -0.0450. The summed E-state index contributed by atoms with van der Waals surface area (Å²) >= 11 is 1.65. The SMILES string of the molecule is CCc1cnc(C(C)N=C(N)NN)s1. The number of hydrogen-bond acceptors (Lipinski definition) is 4. The molecule has 1 rings (SSSR count). The first-order valence-electron chi connectivity index (χ1n) is 4.41. The van der Waals surface area contributed by atoms with Gasteiger partial charge in [-0.15, -0.1) is 11.3 Å². The summed E-state index contributed by atoms with van der Waals surface area (Å²) in [6.07, 6.45) is 2.87. The van der Waals surface area contributed by atoms with Crippen molar-refractivity contribution in [2.75, 3.05) is 0 Å². The van der Waals surface area contributed by atoms with E-state index in [1.807, 2.05) is 13.1 Å². The van der Waals surface area contributed by atoms with Crippen LogP contribution in [0, 0.1) is 0 Å². The molecule has 14 heavy (non-hydrogen) atoms. The summed E-state index contributed by atoms with van der Waals surface area (Å²) in [4.78, 5) is 9.63. The number of hydrazine groups is 1. The Labute approximate surface area is 87.2 Å². The highest BCUT2D eigenvalue weighted by Gasteiger charge is 2.08. The van der Waals surface area contributed by atoms with Gasteiger partial charge in [-0.25, -0.2) is 15.8 Å². The average molecular weight is 213 g/mol. The fourth-order valence-electron chi connectivity index (χ4n) is 0.980. The zero-order valence-corrected chi connectivity index (χ0v) is 9.14. The molecule has 0 aromatic carbocycles. The van der Waals surface area contributed by atoms with Crippen LogP contribution in [0.3, 0.4) is 0 Å². The molecule has 0 aliphatic heterocycles. The Morgan fingerprint density at radius 1 is 1.79 bits per heavy atom. The maximum Gasteiger partial charge on any atom is 0.203 e. The highest BCUT2D eigenvalue weighted by molar-refractivity contribution is 7.11. The van der Waals surface area contributed by atoms with Gasteiger partial charge in [0.05, 0.1) is 0 Å². The third-order valence-electron chi connectivity index (χ3n) is 1.76. The van der Waals surface area contributed by atoms with Gasteiger partial charge in [0.15, 0.2) is 0 Å². The predicted octanol–water partition coefficient (Wildman–Crippen LogP) is 0.545. The fraction of sp³-hybridized carbons (Fsp3) is 0.500. The lowest BCUT2D eigenvalue weighted by Gasteiger charge is -2.03. The lowest BCUT2D eigenvalue weighted by atomic mass is 10.4. The van der Waals surface area contributed by atoms with Gasteiger partial charge in [0.1, 0.15) is 11.0 Å². The van der Waals surface area contributed by atoms with Gasteiger partial charge in [-0.2, -0.15) is 0 Å². The van der Waals surface area contributed by atoms with Crippen molar-refractivity contribution < 1.29 is 0 Å². The molecule has 1 unspecified atom stereocenters. The fourth-order valence-corrected chi connectivity index (χ4v) is 1.83. The highest BCUT2D eigenvalue weighted by Crippen LogP contribution is 2.22. The van der Waals surface area contributed by atoms with Crippen molar-refractivity contribution >= 4 is 17.3 Å². The zero-order chi connectivity index (χ0) is 10.6. The maximum atomic E-state index is 5.44. The van der Waals surface area contributed by atoms with Gasteiger partial charge in [-0.3, -0.25) is 5.43 Å². The monoisotopic (exact) mass is 213 g/mol. The molecular weight excluding hydrogens is 198 g/mol. The molecule has 0 aliphatic rings. The molecule has 5 N–H and O–H groups in total. The minimum Gasteiger partial charge on any atom is -0.369 e. The molecule has 0 spiro atoms. The molecular formula is C8H15N5S. The van der Waals surface area contributed by atoms with Gasteiger partial charge in [0, 0.05) is 11.1 Å². The van der Waals surface area contributed by atoms with Crippen molar-refractivity contribution in [3.05, 3.63) is 16.1 Å². The van der Waals surface area contributed by atoms with E-state index in [-0.39, 0.29) is 12.0 Å². The van der Waals surface area contributed by atoms with Crippen LogP contribution in [-0.4, -0.2) is 10.9 Å². The van der Waals surface area contributed by atoms with E-state index < -0.39 is 0 Å². The van der Waals surface area contributed by atoms with E-state index in [0.717, 1.165) is 11.4 Å². The van der Waals surface area contributed by atoms with Crippen LogP contribution in [0.5, 0.6) is 0 Å². The second-order valence-electron chi connectivity index (χ2n) is 2.85. The number of aromatic nitrogens is 1. The smallest absolute Gasteiger partial charge is 0.203 e. The maximum absolute atomic E-state index is 5.44. The topological polar surface area (TPSA) is 89.3 Å². The second-order valence-corrected chi connectivity index (χ2v) is 4.00. The van der Waals surface area contributed by atoms with Crippen molar-refractivity contribution in [2.24, 2.45) is 16.6 Å². The van der Waals surface area contributed by atoms with E-state index in [2.05, 4.69) is 22.3 Å². The number of thiazole rings is 1. The molecule has 6 heteroatoms. The first-order chi connectivity index (χ1) is 6.67. The van der Waals surface area contributed by atoms with Crippen molar-refractivity contribution in [3.63, 3.8) is 0 Å². The molecule has 0 bridgehead atoms. The van der Waals surface area contributed by atoms with Crippen LogP contribution in [0.2, 0.25) is 0 Å². The predicted molar refractivity (Wildman–Crippen MR) is 58.9 cm³/mol. The molecule has 1 aromatic heterocycles. The van der Waals surface area contributed by atoms with Crippen LogP contribution >= 0.6 is 11.3 Å². The number of hydrogen-bond donors (Lipinski definition) is 3. The summed E-state index contributed by atoms with van der Waals surface area (Å²) < 4.78 is 0. The van der Waals surface area contributed by atoms with Crippen molar-refractivity contribution in [3.8, 4) is 0 Å². The van der Waals surface area contributed by atoms with Gasteiger partial charge >= 0.3 is 0 Å². The Balaban J connectivity index is 2.74. The summed E-state index contributed by atoms with van der Waals surface area (Å²) in [5.74, 6) is 5.33. The Morgan fingerprint density at radius 3 is 3.00 bits per heavy atom. The standard InChI is InChI=1S/C8H15N5S/c1-3-6-4-11-7(14-6)5(2)12-8(9)13-10/h4-5H,3,10H2,1-2H3,(H3,9,12,13). The number of aryl methyl sites for hydroxylation is 1. The molecule has 0 aliphatic carbocycles. The van der Waals surface area contributed by atoms with Crippen LogP contribution in [0.15, 0.2) is 11.2 Å². The van der Waals surface area contributed by atoms with Gasteiger partial charge < -0.3 is 5.73 Å². The lowest BCUT2D eigenvalue weighted by Crippen LogP contribution is -2.37. The van der Waals surface area contributed by atoms with Crippen LogP contribution < -0.4 is 17.0 Å². The van der Waals surface area contributed by atoms with Crippen LogP contribution in [-0.2, 0) is 6.42 Å². The van der Waals surface area contributed by atoms with Crippen LogP contribution in [0.1, 0.15) is 29.8 Å². The molecule has 1 atom stereocenters. The summed E-state index contributed by atoms with van der Waals surface area (Å²) in [5, 5.41) is 0.958. The number of aliphatic imine (C=N–C) groups is 1. The van der Waals surface area contributed by atoms with Crippen molar-refractivity contribution in [2.45, 2.75) is 26.3 Å². The normalized spacial score (nSPS) is 14.1. The molecule has 0 saturated heterocycles. The third-order valence-corrected chi connectivity index (χ3v) is 3.07. The van der Waals surface area contributed by atoms with Crippen molar-refractivity contribution in [1.82, 2.24) is 10.4 Å². The largest absolute Gasteiger partial charge is 0.369 e. The zero-order valence-electron chi connectivity index (χ0n) is 8.32. The summed E-state index contributed by atoms with van der Waals surface area (Å²) in [6, 6.07) is -0.0450. The molecule has 1 aromatic rings. The molecule has 5 nitrogen and oxygen atoms in total. The van der Waals surface area contributed by atoms with Crippen molar-refractivity contribution in [1.29, 1.82) is 0 Å². The van der Waals surface area contributed by atoms with E-state index in [1.165, 1.54) is 4.88 Å². The van der Waals surface area contributed by atoms with Gasteiger partial charge in [0.2, 0.25) is 5.96 Å². The average Bonchev–Trinajstić information content (AvgIpc) is 2.65. The van der Waals surface area contributed by atoms with E-state index in [4.69, 9.17) is 11.6 Å².